The molecule has 0 aromatic heterocycles. The molecule has 0 bridgehead atoms. The predicted molar refractivity (Wildman–Crippen MR) is 47.9 cm³/mol. The van der Waals surface area contributed by atoms with Crippen LogP contribution in [0.3, 0.4) is 0 Å². The van der Waals surface area contributed by atoms with Gasteiger partial charge in [0.1, 0.15) is 0 Å². The van der Waals surface area contributed by atoms with Crippen molar-refractivity contribution in [3.8, 4) is 0 Å². The number of hydrogen-bond donors (Lipinski definition) is 2. The Labute approximate surface area is 77.3 Å². The Morgan fingerprint density at radius 1 is 1.23 bits per heavy atom. The molecule has 74 valence electrons. The second-order valence-electron chi connectivity index (χ2n) is 2.98. The van der Waals surface area contributed by atoms with Gasteiger partial charge in [-0.3, -0.25) is 14.5 Å². The van der Waals surface area contributed by atoms with Crippen molar-refractivity contribution >= 4 is 11.8 Å². The maximum atomic E-state index is 11.1. The van der Waals surface area contributed by atoms with Crippen molar-refractivity contribution in [1.29, 1.82) is 0 Å². The van der Waals surface area contributed by atoms with Crippen molar-refractivity contribution < 1.29 is 9.59 Å². The van der Waals surface area contributed by atoms with E-state index in [1.165, 1.54) is 4.90 Å². The van der Waals surface area contributed by atoms with E-state index in [0.717, 1.165) is 6.54 Å². The Morgan fingerprint density at radius 3 is 2.38 bits per heavy atom. The number of nitrogens with one attached hydrogen (secondary N) is 1. The molecule has 0 aliphatic carbocycles. The summed E-state index contributed by atoms with van der Waals surface area (Å²) in [5.74, 6) is -0.112. The van der Waals surface area contributed by atoms with Crippen LogP contribution in [-0.2, 0) is 9.59 Å². The number of nitrogens with two attached hydrogens (primary N) is 1. The molecule has 0 aromatic rings. The molecule has 1 aliphatic rings. The van der Waals surface area contributed by atoms with Crippen molar-refractivity contribution in [2.75, 3.05) is 26.2 Å². The third-order valence-corrected chi connectivity index (χ3v) is 1.99. The summed E-state index contributed by atoms with van der Waals surface area (Å²) >= 11 is 0. The van der Waals surface area contributed by atoms with Gasteiger partial charge in [0.15, 0.2) is 0 Å². The van der Waals surface area contributed by atoms with Crippen LogP contribution < -0.4 is 11.1 Å². The summed E-state index contributed by atoms with van der Waals surface area (Å²) in [5.41, 5.74) is 5.27. The van der Waals surface area contributed by atoms with E-state index in [0.29, 0.717) is 32.5 Å². The summed E-state index contributed by atoms with van der Waals surface area (Å²) in [6.07, 6.45) is 0.742. The number of carbonyl (C=O) groups is 2. The Morgan fingerprint density at radius 2 is 1.85 bits per heavy atom. The Balaban J connectivity index is 2.20. The zero-order chi connectivity index (χ0) is 9.68. The maximum absolute atomic E-state index is 11.1. The lowest BCUT2D eigenvalue weighted by molar-refractivity contribution is -0.138. The van der Waals surface area contributed by atoms with Gasteiger partial charge in [-0.05, 0) is 0 Å². The summed E-state index contributed by atoms with van der Waals surface area (Å²) in [6, 6.07) is 0. The van der Waals surface area contributed by atoms with Gasteiger partial charge >= 0.3 is 0 Å². The minimum absolute atomic E-state index is 0.0560. The van der Waals surface area contributed by atoms with Crippen LogP contribution in [0.4, 0.5) is 0 Å². The minimum Gasteiger partial charge on any atom is -0.329 e. The Kier molecular flexibility index (Phi) is 3.85. The van der Waals surface area contributed by atoms with Crippen LogP contribution >= 0.6 is 0 Å². The number of likely N-dealkylation sites (tertiary alicyclic amines) is 1. The van der Waals surface area contributed by atoms with E-state index in [9.17, 15) is 9.59 Å². The van der Waals surface area contributed by atoms with Crippen molar-refractivity contribution in [3.63, 3.8) is 0 Å². The van der Waals surface area contributed by atoms with Crippen LogP contribution in [0.25, 0.3) is 0 Å². The molecule has 5 heteroatoms. The van der Waals surface area contributed by atoms with Gasteiger partial charge in [-0.15, -0.1) is 0 Å². The van der Waals surface area contributed by atoms with Gasteiger partial charge in [-0.25, -0.2) is 0 Å². The van der Waals surface area contributed by atoms with E-state index in [1.54, 1.807) is 0 Å². The molecule has 0 radical (unpaired) electrons. The number of nitrogens with zero attached hydrogens (tertiary/aromatic N) is 1. The summed E-state index contributed by atoms with van der Waals surface area (Å²) in [5, 5.41) is 3.03. The van der Waals surface area contributed by atoms with Crippen LogP contribution in [0.15, 0.2) is 0 Å². The molecule has 0 spiro atoms. The van der Waals surface area contributed by atoms with Crippen LogP contribution in [0.2, 0.25) is 0 Å². The van der Waals surface area contributed by atoms with Crippen LogP contribution in [0.1, 0.15) is 12.8 Å². The highest BCUT2D eigenvalue weighted by atomic mass is 16.2. The topological polar surface area (TPSA) is 75.4 Å². The van der Waals surface area contributed by atoms with E-state index in [-0.39, 0.29) is 11.8 Å². The zero-order valence-electron chi connectivity index (χ0n) is 7.58. The molecule has 0 atom stereocenters. The smallest absolute Gasteiger partial charge is 0.229 e. The Hall–Kier alpha value is -0.940. The highest BCUT2D eigenvalue weighted by Crippen LogP contribution is 2.09. The monoisotopic (exact) mass is 185 g/mol. The molecule has 13 heavy (non-hydrogen) atoms. The van der Waals surface area contributed by atoms with Crippen LogP contribution in [-0.4, -0.2) is 42.9 Å². The molecule has 3 N–H and O–H groups in total. The number of rotatable bonds is 5. The largest absolute Gasteiger partial charge is 0.329 e. The third-order valence-electron chi connectivity index (χ3n) is 1.99. The number of hydrogen-bond acceptors (Lipinski definition) is 4. The highest BCUT2D eigenvalue weighted by molar-refractivity contribution is 6.01. The molecule has 1 heterocycles. The first kappa shape index (κ1) is 10.1. The fourth-order valence-electron chi connectivity index (χ4n) is 1.29. The van der Waals surface area contributed by atoms with E-state index < -0.39 is 0 Å². The second kappa shape index (κ2) is 4.94. The Bertz CT molecular complexity index is 190. The molecule has 1 aliphatic heterocycles. The normalized spacial score (nSPS) is 17.2. The predicted octanol–water partition coefficient (Wildman–Crippen LogP) is -1.32. The molecule has 1 rings (SSSR count). The molecular formula is C8H15N3O2. The number of amides is 2. The van der Waals surface area contributed by atoms with Gasteiger partial charge in [-0.1, -0.05) is 0 Å². The van der Waals surface area contributed by atoms with Crippen LogP contribution in [0.5, 0.6) is 0 Å². The molecule has 0 aromatic carbocycles. The standard InChI is InChI=1S/C8H15N3O2/c9-3-4-10-5-6-11-7(12)1-2-8(11)13/h10H,1-6,9H2. The molecule has 0 unspecified atom stereocenters. The fourth-order valence-corrected chi connectivity index (χ4v) is 1.29. The van der Waals surface area contributed by atoms with Gasteiger partial charge in [0.05, 0.1) is 0 Å². The molecule has 1 saturated heterocycles. The first-order valence-corrected chi connectivity index (χ1v) is 4.49. The molecule has 1 fully saturated rings. The van der Waals surface area contributed by atoms with Crippen LogP contribution in [0, 0.1) is 0 Å². The first-order chi connectivity index (χ1) is 6.25. The van der Waals surface area contributed by atoms with Crippen molar-refractivity contribution in [1.82, 2.24) is 10.2 Å². The van der Waals surface area contributed by atoms with Gasteiger partial charge in [-0.2, -0.15) is 0 Å². The van der Waals surface area contributed by atoms with Gasteiger partial charge in [0.2, 0.25) is 11.8 Å². The fraction of sp³-hybridized carbons (Fsp3) is 0.750. The summed E-state index contributed by atoms with van der Waals surface area (Å²) in [7, 11) is 0. The van der Waals surface area contributed by atoms with E-state index in [4.69, 9.17) is 5.73 Å². The third kappa shape index (κ3) is 2.78. The lowest BCUT2D eigenvalue weighted by Gasteiger charge is -2.13. The van der Waals surface area contributed by atoms with Gasteiger partial charge in [0, 0.05) is 39.0 Å². The average Bonchev–Trinajstić information content (AvgIpc) is 2.42. The van der Waals surface area contributed by atoms with Crippen molar-refractivity contribution in [2.45, 2.75) is 12.8 Å². The van der Waals surface area contributed by atoms with Crippen molar-refractivity contribution in [3.05, 3.63) is 0 Å². The second-order valence-corrected chi connectivity index (χ2v) is 2.98. The van der Waals surface area contributed by atoms with E-state index in [2.05, 4.69) is 5.32 Å². The van der Waals surface area contributed by atoms with Gasteiger partial charge in [0.25, 0.3) is 0 Å². The first-order valence-electron chi connectivity index (χ1n) is 4.49. The summed E-state index contributed by atoms with van der Waals surface area (Å²) in [6.45, 7) is 2.39. The molecule has 2 amide bonds. The zero-order valence-corrected chi connectivity index (χ0v) is 7.58. The number of imide groups is 1. The lowest BCUT2D eigenvalue weighted by atomic mass is 10.4. The summed E-state index contributed by atoms with van der Waals surface area (Å²) in [4.78, 5) is 23.5. The van der Waals surface area contributed by atoms with Crippen molar-refractivity contribution in [2.24, 2.45) is 5.73 Å². The SMILES string of the molecule is NCCNCCN1C(=O)CCC1=O. The molecule has 0 saturated carbocycles. The minimum atomic E-state index is -0.0560. The average molecular weight is 185 g/mol. The number of carbonyl (C=O) groups excluding carboxylic acids is 2. The quantitative estimate of drug-likeness (QED) is 0.411. The van der Waals surface area contributed by atoms with Gasteiger partial charge < -0.3 is 11.1 Å². The molecule has 5 nitrogen and oxygen atoms in total. The van der Waals surface area contributed by atoms with E-state index in [1.807, 2.05) is 0 Å². The maximum Gasteiger partial charge on any atom is 0.229 e. The molecular weight excluding hydrogens is 170 g/mol. The van der Waals surface area contributed by atoms with E-state index >= 15 is 0 Å². The highest BCUT2D eigenvalue weighted by Gasteiger charge is 2.27. The lowest BCUT2D eigenvalue weighted by Crippen LogP contribution is -2.37. The summed E-state index contributed by atoms with van der Waals surface area (Å²) < 4.78 is 0.